The molecule has 0 radical (unpaired) electrons. The van der Waals surface area contributed by atoms with Gasteiger partial charge in [-0.15, -0.1) is 5.10 Å². The van der Waals surface area contributed by atoms with Crippen LogP contribution in [-0.2, 0) is 0 Å². The summed E-state index contributed by atoms with van der Waals surface area (Å²) in [7, 11) is 0. The van der Waals surface area contributed by atoms with Crippen molar-refractivity contribution < 1.29 is 4.74 Å². The normalized spacial score (nSPS) is 10.3. The van der Waals surface area contributed by atoms with E-state index >= 15 is 0 Å². The van der Waals surface area contributed by atoms with Gasteiger partial charge < -0.3 is 4.74 Å². The van der Waals surface area contributed by atoms with Gasteiger partial charge in [0.05, 0.1) is 23.9 Å². The number of nitriles is 1. The van der Waals surface area contributed by atoms with E-state index < -0.39 is 0 Å². The van der Waals surface area contributed by atoms with Crippen molar-refractivity contribution in [2.75, 3.05) is 12.4 Å². The smallest absolute Gasteiger partial charge is 0.214 e. The number of aromatic nitrogens is 4. The Hall–Kier alpha value is -2.85. The Morgan fingerprint density at radius 2 is 1.88 bits per heavy atom. The fourth-order valence-corrected chi connectivity index (χ4v) is 2.74. The quantitative estimate of drug-likeness (QED) is 0.508. The Morgan fingerprint density at radius 3 is 2.58 bits per heavy atom. The Bertz CT molecular complexity index is 837. The number of aryl methyl sites for hydroxylation is 1. The highest BCUT2D eigenvalue weighted by Gasteiger charge is 2.08. The van der Waals surface area contributed by atoms with Crippen molar-refractivity contribution >= 4 is 11.8 Å². The van der Waals surface area contributed by atoms with Gasteiger partial charge in [0.15, 0.2) is 0 Å². The van der Waals surface area contributed by atoms with Crippen LogP contribution in [0.15, 0.2) is 53.7 Å². The molecule has 3 aromatic rings. The third-order valence-electron chi connectivity index (χ3n) is 3.29. The highest BCUT2D eigenvalue weighted by molar-refractivity contribution is 7.99. The molecule has 0 aliphatic heterocycles. The molecule has 0 N–H and O–H groups in total. The van der Waals surface area contributed by atoms with E-state index in [1.165, 1.54) is 17.3 Å². The van der Waals surface area contributed by atoms with Gasteiger partial charge in [-0.25, -0.2) is 0 Å². The van der Waals surface area contributed by atoms with Crippen LogP contribution in [0, 0.1) is 18.3 Å². The number of hydrogen-bond donors (Lipinski definition) is 0. The first-order chi connectivity index (χ1) is 11.8. The fourth-order valence-electron chi connectivity index (χ4n) is 2.04. The molecule has 0 aliphatic carbocycles. The van der Waals surface area contributed by atoms with E-state index in [1.807, 2.05) is 31.2 Å². The van der Waals surface area contributed by atoms with Crippen molar-refractivity contribution in [2.45, 2.75) is 12.1 Å². The molecule has 120 valence electrons. The van der Waals surface area contributed by atoms with E-state index in [-0.39, 0.29) is 0 Å². The second-order valence-electron chi connectivity index (χ2n) is 5.04. The first-order valence-corrected chi connectivity index (χ1v) is 8.36. The summed E-state index contributed by atoms with van der Waals surface area (Å²) in [6.45, 7) is 2.57. The standard InChI is InChI=1S/C17H15N5OS/c1-13-2-6-15(7-3-13)22-17(19-20-21-22)24-11-10-23-16-8-4-14(12-18)5-9-16/h2-9H,10-11H2,1H3. The van der Waals surface area contributed by atoms with Crippen molar-refractivity contribution in [2.24, 2.45) is 0 Å². The lowest BCUT2D eigenvalue weighted by Gasteiger charge is -2.06. The summed E-state index contributed by atoms with van der Waals surface area (Å²) in [5.74, 6) is 1.46. The Morgan fingerprint density at radius 1 is 1.12 bits per heavy atom. The molecule has 1 aromatic heterocycles. The predicted octanol–water partition coefficient (Wildman–Crippen LogP) is 3.01. The van der Waals surface area contributed by atoms with Gasteiger partial charge in [0.1, 0.15) is 5.75 Å². The van der Waals surface area contributed by atoms with Gasteiger partial charge in [-0.2, -0.15) is 9.94 Å². The van der Waals surface area contributed by atoms with Crippen molar-refractivity contribution in [3.63, 3.8) is 0 Å². The third kappa shape index (κ3) is 3.91. The van der Waals surface area contributed by atoms with Crippen LogP contribution in [-0.4, -0.2) is 32.6 Å². The SMILES string of the molecule is Cc1ccc(-n2nnnc2SCCOc2ccc(C#N)cc2)cc1. The summed E-state index contributed by atoms with van der Waals surface area (Å²) in [4.78, 5) is 0. The highest BCUT2D eigenvalue weighted by atomic mass is 32.2. The van der Waals surface area contributed by atoms with Crippen molar-refractivity contribution in [3.05, 3.63) is 59.7 Å². The molecular weight excluding hydrogens is 322 g/mol. The number of hydrogen-bond acceptors (Lipinski definition) is 6. The van der Waals surface area contributed by atoms with Crippen molar-refractivity contribution in [3.8, 4) is 17.5 Å². The van der Waals surface area contributed by atoms with Gasteiger partial charge in [-0.05, 0) is 53.7 Å². The molecule has 0 unspecified atom stereocenters. The van der Waals surface area contributed by atoms with E-state index in [1.54, 1.807) is 28.9 Å². The molecule has 0 aliphatic rings. The van der Waals surface area contributed by atoms with Crippen LogP contribution >= 0.6 is 11.8 Å². The molecule has 2 aromatic carbocycles. The lowest BCUT2D eigenvalue weighted by Crippen LogP contribution is -2.03. The first-order valence-electron chi connectivity index (χ1n) is 7.37. The average Bonchev–Trinajstić information content (AvgIpc) is 3.08. The monoisotopic (exact) mass is 337 g/mol. The van der Waals surface area contributed by atoms with Crippen LogP contribution in [0.25, 0.3) is 5.69 Å². The maximum Gasteiger partial charge on any atom is 0.214 e. The van der Waals surface area contributed by atoms with Crippen molar-refractivity contribution in [1.82, 2.24) is 20.2 Å². The molecule has 0 spiro atoms. The molecule has 0 bridgehead atoms. The zero-order valence-corrected chi connectivity index (χ0v) is 13.9. The van der Waals surface area contributed by atoms with Crippen molar-refractivity contribution in [1.29, 1.82) is 5.26 Å². The summed E-state index contributed by atoms with van der Waals surface area (Å²) < 4.78 is 7.37. The van der Waals surface area contributed by atoms with Crippen LogP contribution in [0.3, 0.4) is 0 Å². The predicted molar refractivity (Wildman–Crippen MR) is 91.3 cm³/mol. The lowest BCUT2D eigenvalue weighted by molar-refractivity contribution is 0.344. The van der Waals surface area contributed by atoms with E-state index in [0.29, 0.717) is 17.9 Å². The number of benzene rings is 2. The van der Waals surface area contributed by atoms with Crippen LogP contribution in [0.5, 0.6) is 5.75 Å². The molecule has 3 rings (SSSR count). The summed E-state index contributed by atoms with van der Waals surface area (Å²) in [6, 6.07) is 17.2. The van der Waals surface area contributed by atoms with Gasteiger partial charge in [0, 0.05) is 5.75 Å². The molecule has 0 amide bonds. The van der Waals surface area contributed by atoms with E-state index in [2.05, 4.69) is 21.6 Å². The average molecular weight is 337 g/mol. The first kappa shape index (κ1) is 16.0. The second-order valence-corrected chi connectivity index (χ2v) is 6.10. The molecule has 0 atom stereocenters. The number of thioether (sulfide) groups is 1. The maximum absolute atomic E-state index is 8.77. The van der Waals surface area contributed by atoms with E-state index in [4.69, 9.17) is 10.00 Å². The zero-order chi connectivity index (χ0) is 16.8. The summed E-state index contributed by atoms with van der Waals surface area (Å²) in [6.07, 6.45) is 0. The Balaban J connectivity index is 1.55. The molecular formula is C17H15N5OS. The molecule has 6 nitrogen and oxygen atoms in total. The van der Waals surface area contributed by atoms with Crippen LogP contribution in [0.2, 0.25) is 0 Å². The number of tetrazole rings is 1. The van der Waals surface area contributed by atoms with Crippen LogP contribution in [0.1, 0.15) is 11.1 Å². The largest absolute Gasteiger partial charge is 0.493 e. The van der Waals surface area contributed by atoms with Gasteiger partial charge in [0.2, 0.25) is 5.16 Å². The van der Waals surface area contributed by atoms with Gasteiger partial charge in [0.25, 0.3) is 0 Å². The minimum atomic E-state index is 0.525. The van der Waals surface area contributed by atoms with Gasteiger partial charge >= 0.3 is 0 Å². The fraction of sp³-hybridized carbons (Fsp3) is 0.176. The highest BCUT2D eigenvalue weighted by Crippen LogP contribution is 2.19. The molecule has 24 heavy (non-hydrogen) atoms. The Kier molecular flexibility index (Phi) is 5.08. The minimum Gasteiger partial charge on any atom is -0.493 e. The maximum atomic E-state index is 8.77. The second kappa shape index (κ2) is 7.62. The zero-order valence-electron chi connectivity index (χ0n) is 13.1. The number of rotatable bonds is 6. The molecule has 1 heterocycles. The third-order valence-corrected chi connectivity index (χ3v) is 4.17. The molecule has 0 saturated carbocycles. The van der Waals surface area contributed by atoms with Gasteiger partial charge in [-0.1, -0.05) is 29.5 Å². The number of nitrogens with zero attached hydrogens (tertiary/aromatic N) is 5. The molecule has 7 heteroatoms. The van der Waals surface area contributed by atoms with E-state index in [0.717, 1.165) is 16.6 Å². The van der Waals surface area contributed by atoms with Crippen LogP contribution < -0.4 is 4.74 Å². The summed E-state index contributed by atoms with van der Waals surface area (Å²) in [5, 5.41) is 21.3. The Labute approximate surface area is 144 Å². The molecule has 0 saturated heterocycles. The lowest BCUT2D eigenvalue weighted by atomic mass is 10.2. The van der Waals surface area contributed by atoms with Crippen LogP contribution in [0.4, 0.5) is 0 Å². The van der Waals surface area contributed by atoms with E-state index in [9.17, 15) is 0 Å². The molecule has 0 fully saturated rings. The minimum absolute atomic E-state index is 0.525. The topological polar surface area (TPSA) is 76.6 Å². The summed E-state index contributed by atoms with van der Waals surface area (Å²) >= 11 is 1.53. The van der Waals surface area contributed by atoms with Gasteiger partial charge in [-0.3, -0.25) is 0 Å². The number of ether oxygens (including phenoxy) is 1. The summed E-state index contributed by atoms with van der Waals surface area (Å²) in [5.41, 5.74) is 2.74.